The van der Waals surface area contributed by atoms with Gasteiger partial charge in [0, 0.05) is 17.9 Å². The Morgan fingerprint density at radius 2 is 1.82 bits per heavy atom. The number of aliphatic carboxylic acids is 1. The number of hydrogen-bond acceptors (Lipinski definition) is 4. The first-order valence-corrected chi connectivity index (χ1v) is 13.2. The Hall–Kier alpha value is -3.29. The van der Waals surface area contributed by atoms with Crippen LogP contribution in [0.1, 0.15) is 80.5 Å². The second kappa shape index (κ2) is 11.6. The molecule has 3 N–H and O–H groups in total. The fourth-order valence-electron chi connectivity index (χ4n) is 5.15. The Kier molecular flexibility index (Phi) is 8.48. The maximum Gasteiger partial charge on any atom is 0.305 e. The first-order chi connectivity index (χ1) is 18.0. The first-order valence-electron chi connectivity index (χ1n) is 13.2. The van der Waals surface area contributed by atoms with Crippen LogP contribution >= 0.6 is 0 Å². The van der Waals surface area contributed by atoms with E-state index in [0.717, 1.165) is 42.6 Å². The summed E-state index contributed by atoms with van der Waals surface area (Å²) < 4.78 is 15.5. The molecule has 38 heavy (non-hydrogen) atoms. The van der Waals surface area contributed by atoms with Crippen molar-refractivity contribution in [1.29, 1.82) is 0 Å². The molecule has 0 aliphatic heterocycles. The van der Waals surface area contributed by atoms with Crippen LogP contribution in [0, 0.1) is 5.82 Å². The van der Waals surface area contributed by atoms with Gasteiger partial charge in [-0.3, -0.25) is 4.79 Å². The molecule has 1 aliphatic carbocycles. The van der Waals surface area contributed by atoms with Crippen molar-refractivity contribution < 1.29 is 24.5 Å². The van der Waals surface area contributed by atoms with Gasteiger partial charge in [0.05, 0.1) is 35.7 Å². The van der Waals surface area contributed by atoms with E-state index in [-0.39, 0.29) is 23.6 Å². The second-order valence-corrected chi connectivity index (χ2v) is 11.3. The molecular formula is C31H37FN2O4. The van der Waals surface area contributed by atoms with E-state index in [2.05, 4.69) is 45.0 Å². The third kappa shape index (κ3) is 6.77. The maximum absolute atomic E-state index is 13.7. The highest BCUT2D eigenvalue weighted by atomic mass is 19.1. The number of aliphatic hydroxyl groups is 2. The zero-order chi connectivity index (χ0) is 27.4. The average Bonchev–Trinajstić information content (AvgIpc) is 3.22. The van der Waals surface area contributed by atoms with E-state index < -0.39 is 24.6 Å². The number of carbonyl (C=O) groups is 1. The van der Waals surface area contributed by atoms with Gasteiger partial charge < -0.3 is 15.3 Å². The van der Waals surface area contributed by atoms with Crippen molar-refractivity contribution in [2.75, 3.05) is 0 Å². The molecule has 3 atom stereocenters. The molecule has 202 valence electrons. The van der Waals surface area contributed by atoms with Crippen molar-refractivity contribution in [3.8, 4) is 5.69 Å². The average molecular weight is 521 g/mol. The van der Waals surface area contributed by atoms with E-state index in [1.807, 2.05) is 0 Å². The summed E-state index contributed by atoms with van der Waals surface area (Å²) in [4.78, 5) is 10.8. The quantitative estimate of drug-likeness (QED) is 0.343. The molecular weight excluding hydrogens is 483 g/mol. The van der Waals surface area contributed by atoms with Crippen LogP contribution in [0.5, 0.6) is 0 Å². The van der Waals surface area contributed by atoms with E-state index in [9.17, 15) is 19.4 Å². The van der Waals surface area contributed by atoms with Crippen LogP contribution in [0.25, 0.3) is 11.8 Å². The summed E-state index contributed by atoms with van der Waals surface area (Å²) >= 11 is 0. The van der Waals surface area contributed by atoms with Gasteiger partial charge in [0.2, 0.25) is 0 Å². The lowest BCUT2D eigenvalue weighted by Crippen LogP contribution is -2.19. The van der Waals surface area contributed by atoms with Gasteiger partial charge >= 0.3 is 5.97 Å². The molecule has 6 nitrogen and oxygen atoms in total. The summed E-state index contributed by atoms with van der Waals surface area (Å²) in [6.45, 7) is 6.61. The van der Waals surface area contributed by atoms with Crippen LogP contribution in [0.4, 0.5) is 4.39 Å². The molecule has 0 radical (unpaired) electrons. The molecule has 3 aromatic rings. The number of halogens is 1. The molecule has 0 bridgehead atoms. The van der Waals surface area contributed by atoms with Gasteiger partial charge in [0.25, 0.3) is 0 Å². The van der Waals surface area contributed by atoms with Crippen LogP contribution in [0.3, 0.4) is 0 Å². The fraction of sp³-hybridized carbons (Fsp3) is 0.419. The number of hydrogen-bond donors (Lipinski definition) is 3. The number of rotatable bonds is 9. The molecule has 1 aromatic heterocycles. The SMILES string of the molecule is CC(C)(C)c1ccc(CC2CCCc3c2nn(-c2ccc(F)cc2)c3/C=C/[C@H](O)C[C@H](O)CC(=O)O)cc1. The van der Waals surface area contributed by atoms with E-state index in [0.29, 0.717) is 5.69 Å². The van der Waals surface area contributed by atoms with Gasteiger partial charge in [-0.25, -0.2) is 9.07 Å². The van der Waals surface area contributed by atoms with Crippen LogP contribution in [-0.4, -0.2) is 43.3 Å². The standard InChI is InChI=1S/C31H37FN2O4/c1-31(2,3)22-9-7-20(8-10-22)17-21-5-4-6-27-28(16-15-25(35)18-26(36)19-29(37)38)34(33-30(21)27)24-13-11-23(32)12-14-24/h7-16,21,25-26,35-36H,4-6,17-19H2,1-3H3,(H,37,38)/b16-15+/t21?,25-,26-/m0/s1. The molecule has 2 aromatic carbocycles. The predicted octanol–water partition coefficient (Wildman–Crippen LogP) is 5.57. The maximum atomic E-state index is 13.7. The van der Waals surface area contributed by atoms with Gasteiger partial charge in [-0.05, 0) is 72.6 Å². The minimum absolute atomic E-state index is 0.0805. The summed E-state index contributed by atoms with van der Waals surface area (Å²) in [5.41, 5.74) is 6.30. The number of carboxylic acids is 1. The van der Waals surface area contributed by atoms with Crippen molar-refractivity contribution >= 4 is 12.0 Å². The van der Waals surface area contributed by atoms with E-state index in [1.54, 1.807) is 29.0 Å². The molecule has 0 amide bonds. The molecule has 1 aliphatic rings. The Morgan fingerprint density at radius 1 is 1.13 bits per heavy atom. The second-order valence-electron chi connectivity index (χ2n) is 11.3. The zero-order valence-electron chi connectivity index (χ0n) is 22.3. The van der Waals surface area contributed by atoms with E-state index >= 15 is 0 Å². The van der Waals surface area contributed by atoms with Gasteiger partial charge in [-0.1, -0.05) is 51.1 Å². The number of aliphatic hydroxyl groups excluding tert-OH is 2. The summed E-state index contributed by atoms with van der Waals surface area (Å²) in [5, 5.41) is 34.2. The van der Waals surface area contributed by atoms with E-state index in [4.69, 9.17) is 10.2 Å². The van der Waals surface area contributed by atoms with Crippen LogP contribution in [0.2, 0.25) is 0 Å². The van der Waals surface area contributed by atoms with Crippen molar-refractivity contribution in [3.05, 3.63) is 88.5 Å². The number of nitrogens with zero attached hydrogens (tertiary/aromatic N) is 2. The highest BCUT2D eigenvalue weighted by molar-refractivity contribution is 5.67. The summed E-state index contributed by atoms with van der Waals surface area (Å²) in [5.74, 6) is -1.21. The molecule has 7 heteroatoms. The molecule has 1 unspecified atom stereocenters. The van der Waals surface area contributed by atoms with Crippen molar-refractivity contribution in [3.63, 3.8) is 0 Å². The largest absolute Gasteiger partial charge is 0.481 e. The number of benzene rings is 2. The smallest absolute Gasteiger partial charge is 0.305 e. The lowest BCUT2D eigenvalue weighted by atomic mass is 9.82. The van der Waals surface area contributed by atoms with Crippen LogP contribution < -0.4 is 0 Å². The van der Waals surface area contributed by atoms with E-state index in [1.165, 1.54) is 23.3 Å². The minimum Gasteiger partial charge on any atom is -0.481 e. The van der Waals surface area contributed by atoms with Crippen molar-refractivity contribution in [2.45, 2.75) is 82.8 Å². The lowest BCUT2D eigenvalue weighted by Gasteiger charge is -2.23. The highest BCUT2D eigenvalue weighted by Crippen LogP contribution is 2.37. The monoisotopic (exact) mass is 520 g/mol. The predicted molar refractivity (Wildman–Crippen MR) is 146 cm³/mol. The molecule has 4 rings (SSSR count). The van der Waals surface area contributed by atoms with Gasteiger partial charge in [0.1, 0.15) is 5.82 Å². The minimum atomic E-state index is -1.14. The first kappa shape index (κ1) is 27.7. The Balaban J connectivity index is 1.65. The highest BCUT2D eigenvalue weighted by Gasteiger charge is 2.28. The summed E-state index contributed by atoms with van der Waals surface area (Å²) in [6.07, 6.45) is 4.42. The third-order valence-electron chi connectivity index (χ3n) is 7.19. The van der Waals surface area contributed by atoms with Crippen LogP contribution in [-0.2, 0) is 23.1 Å². The Labute approximate surface area is 223 Å². The Morgan fingerprint density at radius 3 is 2.45 bits per heavy atom. The Bertz CT molecular complexity index is 1270. The zero-order valence-corrected chi connectivity index (χ0v) is 22.3. The molecule has 0 fully saturated rings. The van der Waals surface area contributed by atoms with Crippen molar-refractivity contribution in [1.82, 2.24) is 9.78 Å². The number of carboxylic acid groups (broad SMARTS) is 1. The van der Waals surface area contributed by atoms with Gasteiger partial charge in [-0.15, -0.1) is 0 Å². The van der Waals surface area contributed by atoms with Crippen LogP contribution in [0.15, 0.2) is 54.6 Å². The molecule has 1 heterocycles. The molecule has 0 saturated carbocycles. The molecule has 0 saturated heterocycles. The number of aromatic nitrogens is 2. The lowest BCUT2D eigenvalue weighted by molar-refractivity contribution is -0.139. The normalized spacial score (nSPS) is 17.4. The fourth-order valence-corrected chi connectivity index (χ4v) is 5.15. The topological polar surface area (TPSA) is 95.6 Å². The third-order valence-corrected chi connectivity index (χ3v) is 7.19. The summed E-state index contributed by atoms with van der Waals surface area (Å²) in [6, 6.07) is 15.0. The van der Waals surface area contributed by atoms with Crippen molar-refractivity contribution in [2.24, 2.45) is 0 Å². The summed E-state index contributed by atoms with van der Waals surface area (Å²) in [7, 11) is 0. The van der Waals surface area contributed by atoms with Gasteiger partial charge in [0.15, 0.2) is 0 Å². The molecule has 0 spiro atoms. The number of fused-ring (bicyclic) bond motifs is 1. The van der Waals surface area contributed by atoms with Gasteiger partial charge in [-0.2, -0.15) is 5.10 Å².